The van der Waals surface area contributed by atoms with Gasteiger partial charge in [0.05, 0.1) is 75.8 Å². The van der Waals surface area contributed by atoms with Crippen molar-refractivity contribution >= 4 is 102 Å². The van der Waals surface area contributed by atoms with Gasteiger partial charge in [0.25, 0.3) is 0 Å². The maximum absolute atomic E-state index is 12.9. The number of aromatic hydroxyl groups is 1. The summed E-state index contributed by atoms with van der Waals surface area (Å²) in [5.41, 5.74) is 4.21. The Kier molecular flexibility index (Phi) is 28.1. The fourth-order valence-electron chi connectivity index (χ4n) is 4.64. The Balaban J connectivity index is 0. The minimum atomic E-state index is -5.42. The molecule has 0 aliphatic rings. The van der Waals surface area contributed by atoms with Crippen LogP contribution in [0.25, 0.3) is 10.8 Å². The molecule has 0 saturated heterocycles. The second-order valence-corrected chi connectivity index (χ2v) is 19.3. The van der Waals surface area contributed by atoms with E-state index in [1.165, 1.54) is 31.2 Å². The molecule has 4 aromatic rings. The fourth-order valence-corrected chi connectivity index (χ4v) is 8.33. The Morgan fingerprint density at radius 1 is 0.734 bits per heavy atom. The van der Waals surface area contributed by atoms with E-state index in [9.17, 15) is 53.1 Å². The number of methoxy groups -OCH3 is 2. The predicted octanol–water partition coefficient (Wildman–Crippen LogP) is -9.83. The first kappa shape index (κ1) is 65.4. The van der Waals surface area contributed by atoms with Gasteiger partial charge in [-0.05, 0) is 41.8 Å². The zero-order valence-electron chi connectivity index (χ0n) is 34.2. The molecule has 0 spiro atoms. The van der Waals surface area contributed by atoms with Gasteiger partial charge >= 0.3 is 118 Å². The molecule has 0 bridgehead atoms. The number of phenols is 1. The summed E-state index contributed by atoms with van der Waals surface area (Å²) in [6, 6.07) is 8.93. The maximum atomic E-state index is 12.9. The van der Waals surface area contributed by atoms with Gasteiger partial charge in [-0.2, -0.15) is 9.45 Å². The number of rotatable bonds is 17. The zero-order valence-corrected chi connectivity index (χ0v) is 47.1. The monoisotopic (exact) mass is 1050 g/mol. The number of fused-ring (bicyclic) bond motifs is 1. The van der Waals surface area contributed by atoms with Gasteiger partial charge in [0, 0.05) is 12.1 Å². The predicted molar refractivity (Wildman–Crippen MR) is 198 cm³/mol. The van der Waals surface area contributed by atoms with E-state index in [0.29, 0.717) is 0 Å². The van der Waals surface area contributed by atoms with E-state index in [1.807, 2.05) is 0 Å². The van der Waals surface area contributed by atoms with Gasteiger partial charge in [-0.1, -0.05) is 6.92 Å². The summed E-state index contributed by atoms with van der Waals surface area (Å²) in [5, 5.41) is 40.5. The number of nitrogen functional groups attached to an aromatic ring is 1. The molecule has 330 valence electrons. The molecular formula is C28H27N5Na4O21S6. The molecule has 0 radical (unpaired) electrons. The largest absolute Gasteiger partial charge is 1.00 e. The zero-order chi connectivity index (χ0) is 45.4. The van der Waals surface area contributed by atoms with Crippen LogP contribution in [0.5, 0.6) is 17.2 Å². The van der Waals surface area contributed by atoms with Crippen LogP contribution in [0.1, 0.15) is 6.92 Å². The standard InChI is InChI=1S/C28H29N5O17S5.4Na.H2O4S/c1-4-52(36,37)17-7-5-16(6-8-17)30-32-26-21(51-50-49-35)11-15-12-23(54(40,41)42)27(25(29)24(15)28(26)34)33-31-18-13-20(47-3)22(14-19(18)46-2)53(38,39)10-9-48-55(43,44)45;;;;;1-5(2,3)4/h5-8,11-14,34-35H,4,9-10,29H2,1-3H3,(H,40,41,42)(H,43,44,45);;;;;(H2,1,2,3,4)/q;4*+1;/p-4. The number of hydrogen-bond donors (Lipinski definition) is 3. The Labute approximate surface area is 458 Å². The van der Waals surface area contributed by atoms with Gasteiger partial charge < -0.3 is 39.2 Å². The fraction of sp³-hybridized carbons (Fsp3) is 0.214. The van der Waals surface area contributed by atoms with Crippen molar-refractivity contribution in [3.8, 4) is 17.2 Å². The van der Waals surface area contributed by atoms with Crippen LogP contribution in [-0.2, 0) is 64.1 Å². The molecule has 0 saturated carbocycles. The average molecular weight is 1050 g/mol. The normalized spacial score (nSPS) is 12.0. The second kappa shape index (κ2) is 27.5. The van der Waals surface area contributed by atoms with E-state index in [2.05, 4.69) is 34.0 Å². The molecule has 0 aliphatic carbocycles. The summed E-state index contributed by atoms with van der Waals surface area (Å²) < 4.78 is 171. The summed E-state index contributed by atoms with van der Waals surface area (Å²) in [4.78, 5) is -1.80. The molecule has 64 heavy (non-hydrogen) atoms. The van der Waals surface area contributed by atoms with Gasteiger partial charge in [-0.15, -0.1) is 15.3 Å². The number of sulfone groups is 2. The van der Waals surface area contributed by atoms with Crippen LogP contribution in [0.2, 0.25) is 0 Å². The third-order valence-corrected chi connectivity index (χ3v) is 12.6. The number of phenolic OH excluding ortho intramolecular Hbond substituents is 1. The van der Waals surface area contributed by atoms with Crippen molar-refractivity contribution < 1.29 is 212 Å². The molecule has 4 aromatic carbocycles. The Hall–Kier alpha value is -0.680. The van der Waals surface area contributed by atoms with E-state index >= 15 is 0 Å². The Morgan fingerprint density at radius 3 is 1.77 bits per heavy atom. The van der Waals surface area contributed by atoms with Crippen molar-refractivity contribution in [2.24, 2.45) is 20.5 Å². The maximum Gasteiger partial charge on any atom is 1.00 e. The number of hydrogen-bond acceptors (Lipinski definition) is 26. The molecule has 0 aliphatic heterocycles. The number of ether oxygens (including phenoxy) is 2. The average Bonchev–Trinajstić information content (AvgIpc) is 3.14. The van der Waals surface area contributed by atoms with Crippen LogP contribution in [0, 0.1) is 0 Å². The topological polar surface area (TPSA) is 425 Å². The summed E-state index contributed by atoms with van der Waals surface area (Å²) in [6.07, 6.45) is 0. The first-order chi connectivity index (χ1) is 27.7. The van der Waals surface area contributed by atoms with Crippen LogP contribution < -0.4 is 139 Å². The third-order valence-electron chi connectivity index (χ3n) is 7.21. The van der Waals surface area contributed by atoms with Crippen molar-refractivity contribution in [1.29, 1.82) is 0 Å². The molecule has 0 amide bonds. The van der Waals surface area contributed by atoms with Gasteiger partial charge in [0.2, 0.25) is 20.8 Å². The molecule has 0 unspecified atom stereocenters. The van der Waals surface area contributed by atoms with E-state index < -0.39 is 101 Å². The second-order valence-electron chi connectivity index (χ2n) is 10.9. The minimum absolute atomic E-state index is 0. The molecular weight excluding hydrogens is 1030 g/mol. The van der Waals surface area contributed by atoms with Crippen LogP contribution in [0.3, 0.4) is 0 Å². The van der Waals surface area contributed by atoms with E-state index in [-0.39, 0.29) is 174 Å². The molecule has 0 fully saturated rings. The van der Waals surface area contributed by atoms with E-state index in [0.717, 1.165) is 38.5 Å². The van der Waals surface area contributed by atoms with Crippen LogP contribution in [-0.4, -0.2) is 97.7 Å². The van der Waals surface area contributed by atoms with Crippen LogP contribution in [0.4, 0.5) is 28.4 Å². The Bertz CT molecular complexity index is 2890. The Morgan fingerprint density at radius 2 is 1.28 bits per heavy atom. The van der Waals surface area contributed by atoms with Crippen molar-refractivity contribution in [1.82, 2.24) is 0 Å². The van der Waals surface area contributed by atoms with Crippen molar-refractivity contribution in [2.45, 2.75) is 26.5 Å². The van der Waals surface area contributed by atoms with E-state index in [4.69, 9.17) is 32.7 Å². The number of anilines is 1. The van der Waals surface area contributed by atoms with Crippen molar-refractivity contribution in [3.05, 3.63) is 48.5 Å². The van der Waals surface area contributed by atoms with Crippen LogP contribution in [0.15, 0.2) is 88.6 Å². The summed E-state index contributed by atoms with van der Waals surface area (Å²) in [5.74, 6) is -2.65. The van der Waals surface area contributed by atoms with Gasteiger partial charge in [-0.3, -0.25) is 13.8 Å². The van der Waals surface area contributed by atoms with E-state index in [1.54, 1.807) is 0 Å². The van der Waals surface area contributed by atoms with Crippen LogP contribution >= 0.6 is 12.0 Å². The minimum Gasteiger partial charge on any atom is -0.744 e. The molecule has 0 aromatic heterocycles. The smallest absolute Gasteiger partial charge is 0.744 e. The first-order valence-electron chi connectivity index (χ1n) is 15.3. The molecule has 0 atom stereocenters. The van der Waals surface area contributed by atoms with Gasteiger partial charge in [-0.25, -0.2) is 42.1 Å². The molecule has 36 heteroatoms. The summed E-state index contributed by atoms with van der Waals surface area (Å²) in [7, 11) is -21.3. The molecule has 26 nitrogen and oxygen atoms in total. The third kappa shape index (κ3) is 19.0. The summed E-state index contributed by atoms with van der Waals surface area (Å²) >= 11 is 0.212. The molecule has 4 N–H and O–H groups in total. The summed E-state index contributed by atoms with van der Waals surface area (Å²) in [6.45, 7) is 0.439. The number of nitrogens with zero attached hydrogens (tertiary/aromatic N) is 4. The molecule has 0 heterocycles. The first-order valence-corrected chi connectivity index (χ1v) is 23.5. The SMILES string of the molecule is CCS(=O)(=O)c1ccc(N=Nc2c(SOO[O-])cc3cc(S(=O)(=O)[O-])c(N=Nc4cc(OC)c(S(=O)(=O)CCOS(=O)(=O)[O-])cc4OC)c(N)c3c2O)cc1.O=S(=O)([O-])O.[Na+].[Na+].[Na+].[Na+]. The number of benzene rings is 4. The number of nitrogens with two attached hydrogens (primary N) is 1. The van der Waals surface area contributed by atoms with Crippen molar-refractivity contribution in [3.63, 3.8) is 0 Å². The number of azo groups is 2. The van der Waals surface area contributed by atoms with Gasteiger partial charge in [0.15, 0.2) is 25.4 Å². The van der Waals surface area contributed by atoms with Crippen molar-refractivity contribution in [2.75, 3.05) is 38.1 Å². The quantitative estimate of drug-likeness (QED) is 0.0129. The molecule has 4 rings (SSSR count). The van der Waals surface area contributed by atoms with Gasteiger partial charge in [0.1, 0.15) is 43.6 Å².